The second kappa shape index (κ2) is 7.59. The number of ketones is 1. The molecule has 0 heterocycles. The molecule has 0 fully saturated rings. The van der Waals surface area contributed by atoms with Gasteiger partial charge >= 0.3 is 6.18 Å². The van der Waals surface area contributed by atoms with Gasteiger partial charge in [-0.1, -0.05) is 43.2 Å². The molecule has 1 nitrogen and oxygen atoms in total. The van der Waals surface area contributed by atoms with Crippen LogP contribution in [0.3, 0.4) is 0 Å². The predicted octanol–water partition coefficient (Wildman–Crippen LogP) is 6.59. The van der Waals surface area contributed by atoms with E-state index in [1.165, 1.54) is 35.8 Å². The van der Waals surface area contributed by atoms with Crippen LogP contribution in [0.25, 0.3) is 6.08 Å². The molecule has 0 radical (unpaired) electrons. The van der Waals surface area contributed by atoms with Gasteiger partial charge in [-0.15, -0.1) is 0 Å². The normalized spacial score (nSPS) is 18.0. The van der Waals surface area contributed by atoms with Crippen LogP contribution in [0.2, 0.25) is 0 Å². The molecule has 0 unspecified atom stereocenters. The highest BCUT2D eigenvalue weighted by molar-refractivity contribution is 5.93. The van der Waals surface area contributed by atoms with E-state index in [0.29, 0.717) is 12.0 Å². The Kier molecular flexibility index (Phi) is 5.91. The van der Waals surface area contributed by atoms with Crippen molar-refractivity contribution in [3.8, 4) is 0 Å². The highest BCUT2D eigenvalue weighted by Gasteiger charge is 2.30. The summed E-state index contributed by atoms with van der Waals surface area (Å²) in [7, 11) is 0. The van der Waals surface area contributed by atoms with Crippen LogP contribution in [0.4, 0.5) is 13.2 Å². The zero-order valence-corrected chi connectivity index (χ0v) is 15.0. The van der Waals surface area contributed by atoms with Gasteiger partial charge in [-0.25, -0.2) is 0 Å². The summed E-state index contributed by atoms with van der Waals surface area (Å²) in [5.74, 6) is -0.0564. The van der Waals surface area contributed by atoms with Crippen LogP contribution >= 0.6 is 0 Å². The van der Waals surface area contributed by atoms with E-state index in [4.69, 9.17) is 0 Å². The average molecular weight is 350 g/mol. The SMILES string of the molecule is CC1=C(CCC(=O)/C=C/c2cccc(C(F)(F)F)c2)C(C)(C)CCC1. The summed E-state index contributed by atoms with van der Waals surface area (Å²) in [6.07, 6.45) is 3.01. The van der Waals surface area contributed by atoms with Crippen LogP contribution in [0.1, 0.15) is 64.0 Å². The fourth-order valence-electron chi connectivity index (χ4n) is 3.57. The number of halogens is 3. The first-order chi connectivity index (χ1) is 11.6. The summed E-state index contributed by atoms with van der Waals surface area (Å²) >= 11 is 0. The van der Waals surface area contributed by atoms with Crippen LogP contribution in [-0.4, -0.2) is 5.78 Å². The summed E-state index contributed by atoms with van der Waals surface area (Å²) < 4.78 is 38.1. The van der Waals surface area contributed by atoms with Gasteiger partial charge in [-0.05, 0) is 61.8 Å². The van der Waals surface area contributed by atoms with Crippen LogP contribution in [0, 0.1) is 5.41 Å². The van der Waals surface area contributed by atoms with Crippen molar-refractivity contribution in [3.05, 3.63) is 52.6 Å². The molecule has 1 aliphatic rings. The fraction of sp³-hybridized carbons (Fsp3) is 0.476. The third kappa shape index (κ3) is 5.32. The molecule has 0 amide bonds. The number of hydrogen-bond donors (Lipinski definition) is 0. The second-order valence-corrected chi connectivity index (χ2v) is 7.42. The number of carbonyl (C=O) groups excluding carboxylic acids is 1. The summed E-state index contributed by atoms with van der Waals surface area (Å²) in [4.78, 5) is 12.1. The Morgan fingerprint density at radius 1 is 1.28 bits per heavy atom. The van der Waals surface area contributed by atoms with E-state index in [0.717, 1.165) is 31.4 Å². The molecule has 0 N–H and O–H groups in total. The first-order valence-corrected chi connectivity index (χ1v) is 8.67. The number of rotatable bonds is 5. The zero-order valence-electron chi connectivity index (χ0n) is 15.0. The lowest BCUT2D eigenvalue weighted by atomic mass is 9.71. The Morgan fingerprint density at radius 2 is 2.00 bits per heavy atom. The number of allylic oxidation sites excluding steroid dienone is 3. The Hall–Kier alpha value is -1.84. The van der Waals surface area contributed by atoms with E-state index in [9.17, 15) is 18.0 Å². The van der Waals surface area contributed by atoms with E-state index in [2.05, 4.69) is 20.8 Å². The van der Waals surface area contributed by atoms with Crippen molar-refractivity contribution in [3.63, 3.8) is 0 Å². The van der Waals surface area contributed by atoms with Crippen LogP contribution in [0.15, 0.2) is 41.5 Å². The molecule has 0 saturated heterocycles. The average Bonchev–Trinajstić information content (AvgIpc) is 2.51. The Labute approximate surface area is 147 Å². The lowest BCUT2D eigenvalue weighted by Gasteiger charge is -2.34. The molecule has 1 aromatic carbocycles. The van der Waals surface area contributed by atoms with Gasteiger partial charge < -0.3 is 0 Å². The maximum absolute atomic E-state index is 12.7. The second-order valence-electron chi connectivity index (χ2n) is 7.42. The Bertz CT molecular complexity index is 693. The molecule has 0 aromatic heterocycles. The molecule has 0 spiro atoms. The molecule has 136 valence electrons. The van der Waals surface area contributed by atoms with Crippen molar-refractivity contribution in [2.75, 3.05) is 0 Å². The lowest BCUT2D eigenvalue weighted by Crippen LogP contribution is -2.20. The summed E-state index contributed by atoms with van der Waals surface area (Å²) in [5.41, 5.74) is 2.56. The number of hydrogen-bond acceptors (Lipinski definition) is 1. The predicted molar refractivity (Wildman–Crippen MR) is 95.1 cm³/mol. The van der Waals surface area contributed by atoms with Crippen molar-refractivity contribution in [2.45, 2.75) is 59.1 Å². The highest BCUT2D eigenvalue weighted by Crippen LogP contribution is 2.42. The highest BCUT2D eigenvalue weighted by atomic mass is 19.4. The molecule has 0 bridgehead atoms. The molecule has 0 saturated carbocycles. The summed E-state index contributed by atoms with van der Waals surface area (Å²) in [6.45, 7) is 6.57. The quantitative estimate of drug-likeness (QED) is 0.432. The van der Waals surface area contributed by atoms with Gasteiger partial charge in [0.1, 0.15) is 0 Å². The monoisotopic (exact) mass is 350 g/mol. The third-order valence-corrected chi connectivity index (χ3v) is 4.98. The first-order valence-electron chi connectivity index (χ1n) is 8.67. The van der Waals surface area contributed by atoms with Gasteiger partial charge in [-0.3, -0.25) is 4.79 Å². The molecule has 25 heavy (non-hydrogen) atoms. The van der Waals surface area contributed by atoms with Crippen molar-refractivity contribution < 1.29 is 18.0 Å². The maximum Gasteiger partial charge on any atom is 0.416 e. The smallest absolute Gasteiger partial charge is 0.295 e. The number of carbonyl (C=O) groups is 1. The van der Waals surface area contributed by atoms with E-state index >= 15 is 0 Å². The molecular weight excluding hydrogens is 325 g/mol. The molecule has 2 rings (SSSR count). The topological polar surface area (TPSA) is 17.1 Å². The Balaban J connectivity index is 2.00. The van der Waals surface area contributed by atoms with Crippen molar-refractivity contribution in [1.82, 2.24) is 0 Å². The van der Waals surface area contributed by atoms with Crippen LogP contribution < -0.4 is 0 Å². The molecule has 0 atom stereocenters. The van der Waals surface area contributed by atoms with E-state index < -0.39 is 11.7 Å². The molecule has 0 aliphatic heterocycles. The van der Waals surface area contributed by atoms with Crippen molar-refractivity contribution in [2.24, 2.45) is 5.41 Å². The van der Waals surface area contributed by atoms with Gasteiger partial charge in [0.2, 0.25) is 0 Å². The van der Waals surface area contributed by atoms with Gasteiger partial charge in [0.25, 0.3) is 0 Å². The number of alkyl halides is 3. The van der Waals surface area contributed by atoms with Crippen molar-refractivity contribution >= 4 is 11.9 Å². The van der Waals surface area contributed by atoms with Gasteiger partial charge in [-0.2, -0.15) is 13.2 Å². The number of benzene rings is 1. The minimum absolute atomic E-state index is 0.0564. The molecule has 1 aliphatic carbocycles. The van der Waals surface area contributed by atoms with Gasteiger partial charge in [0, 0.05) is 6.42 Å². The lowest BCUT2D eigenvalue weighted by molar-refractivity contribution is -0.137. The molecule has 4 heteroatoms. The van der Waals surface area contributed by atoms with E-state index in [1.54, 1.807) is 6.07 Å². The first kappa shape index (κ1) is 19.5. The Morgan fingerprint density at radius 3 is 2.64 bits per heavy atom. The summed E-state index contributed by atoms with van der Waals surface area (Å²) in [5, 5.41) is 0. The standard InChI is InChI=1S/C21H25F3O/c1-15-6-5-13-20(2,3)19(15)12-11-18(25)10-9-16-7-4-8-17(14-16)21(22,23)24/h4,7-10,14H,5-6,11-13H2,1-3H3/b10-9+. The van der Waals surface area contributed by atoms with Crippen LogP contribution in [-0.2, 0) is 11.0 Å². The van der Waals surface area contributed by atoms with E-state index in [-0.39, 0.29) is 11.2 Å². The van der Waals surface area contributed by atoms with E-state index in [1.807, 2.05) is 0 Å². The zero-order chi connectivity index (χ0) is 18.7. The minimum Gasteiger partial charge on any atom is -0.295 e. The van der Waals surface area contributed by atoms with Gasteiger partial charge in [0.15, 0.2) is 5.78 Å². The largest absolute Gasteiger partial charge is 0.416 e. The third-order valence-electron chi connectivity index (χ3n) is 4.98. The van der Waals surface area contributed by atoms with Gasteiger partial charge in [0.05, 0.1) is 5.56 Å². The fourth-order valence-corrected chi connectivity index (χ4v) is 3.57. The minimum atomic E-state index is -4.37. The molecule has 1 aromatic rings. The van der Waals surface area contributed by atoms with Crippen molar-refractivity contribution in [1.29, 1.82) is 0 Å². The maximum atomic E-state index is 12.7. The van der Waals surface area contributed by atoms with Crippen LogP contribution in [0.5, 0.6) is 0 Å². The summed E-state index contributed by atoms with van der Waals surface area (Å²) in [6, 6.07) is 5.00. The molecular formula is C21H25F3O.